The Morgan fingerprint density at radius 3 is 2.02 bits per heavy atom. The van der Waals surface area contributed by atoms with E-state index in [9.17, 15) is 5.11 Å². The number of phenolic OH excluding ortho intramolecular Hbond substituents is 1. The van der Waals surface area contributed by atoms with E-state index < -0.39 is 0 Å². The van der Waals surface area contributed by atoms with Gasteiger partial charge in [-0.25, -0.2) is 4.98 Å². The van der Waals surface area contributed by atoms with Gasteiger partial charge in [0.15, 0.2) is 0 Å². The molecule has 2 heterocycles. The van der Waals surface area contributed by atoms with Crippen molar-refractivity contribution in [3.8, 4) is 56.3 Å². The van der Waals surface area contributed by atoms with Crippen LogP contribution in [0.15, 0.2) is 164 Å². The third-order valence-corrected chi connectivity index (χ3v) is 11.8. The summed E-state index contributed by atoms with van der Waals surface area (Å²) in [6.45, 7) is 15.4. The Morgan fingerprint density at radius 2 is 1.28 bits per heavy atom. The number of phenols is 1. The van der Waals surface area contributed by atoms with Gasteiger partial charge in [0.1, 0.15) is 11.6 Å². The average Bonchev–Trinajstić information content (AvgIpc) is 3.65. The molecule has 0 amide bonds. The summed E-state index contributed by atoms with van der Waals surface area (Å²) in [6, 6.07) is 59.3. The van der Waals surface area contributed by atoms with Gasteiger partial charge in [0.05, 0.1) is 22.3 Å². The van der Waals surface area contributed by atoms with Crippen LogP contribution in [0, 0.1) is 6.07 Å². The van der Waals surface area contributed by atoms with Gasteiger partial charge in [-0.05, 0) is 68.7 Å². The van der Waals surface area contributed by atoms with Crippen LogP contribution in [-0.4, -0.2) is 19.6 Å². The Bertz CT molecular complexity index is 3020. The summed E-state index contributed by atoms with van der Waals surface area (Å²) in [7, 11) is 0. The zero-order chi connectivity index (χ0) is 41.8. The summed E-state index contributed by atoms with van der Waals surface area (Å²) in [5, 5.41) is 14.6. The van der Waals surface area contributed by atoms with Crippen molar-refractivity contribution >= 4 is 21.8 Å². The third-order valence-electron chi connectivity index (χ3n) is 11.8. The van der Waals surface area contributed by atoms with Crippen molar-refractivity contribution < 1.29 is 26.2 Å². The molecule has 4 nitrogen and oxygen atoms in total. The largest absolute Gasteiger partial charge is 0.507 e. The molecule has 2 aromatic heterocycles. The quantitative estimate of drug-likeness (QED) is 0.162. The molecule has 0 radical (unpaired) electrons. The summed E-state index contributed by atoms with van der Waals surface area (Å²) in [6.07, 6.45) is 1.89. The molecule has 306 valence electrons. The number of fused-ring (bicyclic) bond motifs is 2. The molecule has 1 N–H and O–H groups in total. The molecule has 0 bridgehead atoms. The second kappa shape index (κ2) is 16.4. The van der Waals surface area contributed by atoms with E-state index >= 15 is 0 Å². The number of pyridine rings is 1. The molecule has 0 saturated heterocycles. The minimum Gasteiger partial charge on any atom is -0.507 e. The monoisotopic (exact) mass is 975 g/mol. The zero-order valence-corrected chi connectivity index (χ0v) is 38.0. The number of aromatic nitrogens is 3. The maximum atomic E-state index is 12.4. The van der Waals surface area contributed by atoms with Crippen LogP contribution in [0.2, 0.25) is 0 Å². The molecule has 1 unspecified atom stereocenters. The fourth-order valence-electron chi connectivity index (χ4n) is 8.40. The number of imidazole rings is 1. The van der Waals surface area contributed by atoms with E-state index in [4.69, 9.17) is 9.97 Å². The van der Waals surface area contributed by atoms with Crippen LogP contribution in [-0.2, 0) is 31.9 Å². The van der Waals surface area contributed by atoms with E-state index in [0.29, 0.717) is 11.4 Å². The fourth-order valence-corrected chi connectivity index (χ4v) is 8.40. The number of nitrogens with zero attached hydrogens (tertiary/aromatic N) is 3. The summed E-state index contributed by atoms with van der Waals surface area (Å²) in [4.78, 5) is 10.5. The van der Waals surface area contributed by atoms with Crippen LogP contribution in [0.25, 0.3) is 72.4 Å². The molecule has 0 aliphatic rings. The van der Waals surface area contributed by atoms with Crippen LogP contribution >= 0.6 is 0 Å². The number of aromatic hydroxyl groups is 1. The smallest absolute Gasteiger partial charge is 0.148 e. The number of benzene rings is 7. The summed E-state index contributed by atoms with van der Waals surface area (Å²) in [5.74, 6) is 1.05. The first-order valence-corrected chi connectivity index (χ1v) is 20.9. The Hall–Kier alpha value is -6.09. The number of para-hydroxylation sites is 1. The van der Waals surface area contributed by atoms with Crippen molar-refractivity contribution in [1.29, 1.82) is 0 Å². The zero-order valence-electron chi connectivity index (χ0n) is 35.8. The van der Waals surface area contributed by atoms with Crippen molar-refractivity contribution in [2.75, 3.05) is 0 Å². The molecule has 0 aliphatic carbocycles. The van der Waals surface area contributed by atoms with Gasteiger partial charge < -0.3 is 5.11 Å². The number of rotatable bonds is 7. The molecule has 0 saturated carbocycles. The summed E-state index contributed by atoms with van der Waals surface area (Å²) >= 11 is 0. The van der Waals surface area contributed by atoms with Crippen LogP contribution < -0.4 is 0 Å². The van der Waals surface area contributed by atoms with Crippen LogP contribution in [0.3, 0.4) is 0 Å². The van der Waals surface area contributed by atoms with E-state index in [1.165, 1.54) is 5.56 Å². The first-order valence-electron chi connectivity index (χ1n) is 20.9. The Morgan fingerprint density at radius 1 is 0.607 bits per heavy atom. The third kappa shape index (κ3) is 7.98. The molecule has 0 spiro atoms. The molecule has 5 heteroatoms. The minimum atomic E-state index is -0.311. The van der Waals surface area contributed by atoms with Crippen molar-refractivity contribution in [2.24, 2.45) is 0 Å². The molecular formula is C56H50N3OPt-. The van der Waals surface area contributed by atoms with Crippen LogP contribution in [0.1, 0.15) is 76.6 Å². The second-order valence-electron chi connectivity index (χ2n) is 18.0. The first kappa shape index (κ1) is 41.6. The predicted octanol–water partition coefficient (Wildman–Crippen LogP) is 14.5. The van der Waals surface area contributed by atoms with Gasteiger partial charge in [0.2, 0.25) is 0 Å². The van der Waals surface area contributed by atoms with Crippen LogP contribution in [0.5, 0.6) is 5.75 Å². The maximum Gasteiger partial charge on any atom is 0.148 e. The van der Waals surface area contributed by atoms with E-state index in [-0.39, 0.29) is 43.6 Å². The number of hydrogen-bond acceptors (Lipinski definition) is 3. The first-order chi connectivity index (χ1) is 28.8. The topological polar surface area (TPSA) is 50.9 Å². The van der Waals surface area contributed by atoms with Gasteiger partial charge in [-0.3, -0.25) is 9.55 Å². The fraction of sp³-hybridized carbons (Fsp3) is 0.179. The molecule has 9 rings (SSSR count). The van der Waals surface area contributed by atoms with Gasteiger partial charge in [-0.15, -0.1) is 29.3 Å². The predicted molar refractivity (Wildman–Crippen MR) is 250 cm³/mol. The SMILES string of the molecule is CC(c1ccccc1)c1cc(-c2cc(-c3ccccc3)ccn2)[c-]c(-c2cccc3c2nc(-c2cc(C(C)(C)C)cc(C(C)(C)C)c2O)n3-c2cccc3ccccc23)c1.[Pt]. The van der Waals surface area contributed by atoms with Gasteiger partial charge in [0.25, 0.3) is 0 Å². The van der Waals surface area contributed by atoms with E-state index in [1.807, 2.05) is 12.3 Å². The Balaban J connectivity index is 0.00000514. The molecule has 0 fully saturated rings. The molecule has 1 atom stereocenters. The maximum absolute atomic E-state index is 12.4. The van der Waals surface area contributed by atoms with Gasteiger partial charge in [-0.1, -0.05) is 181 Å². The second-order valence-corrected chi connectivity index (χ2v) is 18.0. The van der Waals surface area contributed by atoms with Crippen molar-refractivity contribution in [3.05, 3.63) is 192 Å². The molecular weight excluding hydrogens is 926 g/mol. The molecule has 9 aromatic rings. The molecule has 0 aliphatic heterocycles. The van der Waals surface area contributed by atoms with E-state index in [1.54, 1.807) is 0 Å². The van der Waals surface area contributed by atoms with Gasteiger partial charge in [0, 0.05) is 43.9 Å². The van der Waals surface area contributed by atoms with E-state index in [2.05, 4.69) is 211 Å². The van der Waals surface area contributed by atoms with Gasteiger partial charge >= 0.3 is 0 Å². The average molecular weight is 976 g/mol. The Kier molecular flexibility index (Phi) is 11.2. The Labute approximate surface area is 374 Å². The minimum absolute atomic E-state index is 0. The summed E-state index contributed by atoms with van der Waals surface area (Å²) in [5.41, 5.74) is 13.3. The molecule has 7 aromatic carbocycles. The summed E-state index contributed by atoms with van der Waals surface area (Å²) < 4.78 is 2.25. The van der Waals surface area contributed by atoms with Crippen LogP contribution in [0.4, 0.5) is 0 Å². The van der Waals surface area contributed by atoms with E-state index in [0.717, 1.165) is 77.7 Å². The van der Waals surface area contributed by atoms with Gasteiger partial charge in [-0.2, -0.15) is 0 Å². The van der Waals surface area contributed by atoms with Crippen molar-refractivity contribution in [1.82, 2.24) is 14.5 Å². The van der Waals surface area contributed by atoms with Crippen molar-refractivity contribution in [3.63, 3.8) is 0 Å². The normalized spacial score (nSPS) is 12.4. The standard InChI is InChI=1S/C56H50N3O.Pt/c1-36(37-18-10-8-11-19-37)41-30-42(32-43(31-41)49-33-40(28-29-57-49)38-20-12-9-13-21-38)46-25-17-27-51-52(46)58-54(59(51)50-26-16-23-39-22-14-15-24-45(39)50)47-34-44(55(2,3)4)35-48(53(47)60)56(5,6)7;/h8-31,33-36,60H,1-7H3;/q-1;. The number of hydrogen-bond donors (Lipinski definition) is 1. The van der Waals surface area contributed by atoms with Crippen molar-refractivity contribution in [2.45, 2.75) is 65.2 Å². The molecule has 61 heavy (non-hydrogen) atoms.